The lowest BCUT2D eigenvalue weighted by Gasteiger charge is -2.55. The fourth-order valence-electron chi connectivity index (χ4n) is 5.69. The van der Waals surface area contributed by atoms with Crippen LogP contribution in [0.1, 0.15) is 55.8 Å². The minimum atomic E-state index is -0.191. The molecule has 0 atom stereocenters. The molecule has 0 saturated heterocycles. The first-order valence-corrected chi connectivity index (χ1v) is 9.28. The number of carbonyl (C=O) groups is 2. The first-order chi connectivity index (χ1) is 11.6. The molecule has 4 heteroatoms. The number of anilines is 1. The van der Waals surface area contributed by atoms with Crippen molar-refractivity contribution < 1.29 is 9.59 Å². The molecule has 0 aromatic heterocycles. The number of carbonyl (C=O) groups excluding carboxylic acids is 2. The highest BCUT2D eigenvalue weighted by Gasteiger charge is 2.54. The summed E-state index contributed by atoms with van der Waals surface area (Å²) in [6.07, 6.45) is 7.07. The average molecular weight is 326 g/mol. The van der Waals surface area contributed by atoms with Gasteiger partial charge in [-0.05, 0) is 75.3 Å². The molecule has 4 aliphatic carbocycles. The molecule has 5 rings (SSSR count). The van der Waals surface area contributed by atoms with Gasteiger partial charge in [-0.3, -0.25) is 9.59 Å². The van der Waals surface area contributed by atoms with E-state index in [1.807, 2.05) is 25.1 Å². The first-order valence-electron chi connectivity index (χ1n) is 9.28. The van der Waals surface area contributed by atoms with Crippen molar-refractivity contribution in [2.24, 2.45) is 23.2 Å². The Balaban J connectivity index is 1.56. The number of rotatable bonds is 4. The van der Waals surface area contributed by atoms with Crippen LogP contribution in [0.4, 0.5) is 5.69 Å². The largest absolute Gasteiger partial charge is 0.352 e. The summed E-state index contributed by atoms with van der Waals surface area (Å²) in [5.41, 5.74) is 1.00. The van der Waals surface area contributed by atoms with Crippen molar-refractivity contribution in [1.29, 1.82) is 0 Å². The Kier molecular flexibility index (Phi) is 3.86. The van der Waals surface area contributed by atoms with Crippen LogP contribution in [0.3, 0.4) is 0 Å². The van der Waals surface area contributed by atoms with Crippen molar-refractivity contribution in [1.82, 2.24) is 5.32 Å². The fourth-order valence-corrected chi connectivity index (χ4v) is 5.69. The van der Waals surface area contributed by atoms with Crippen molar-refractivity contribution in [2.45, 2.75) is 45.4 Å². The predicted molar refractivity (Wildman–Crippen MR) is 93.7 cm³/mol. The molecule has 0 heterocycles. The number of benzene rings is 1. The summed E-state index contributed by atoms with van der Waals surface area (Å²) in [6, 6.07) is 7.33. The smallest absolute Gasteiger partial charge is 0.253 e. The summed E-state index contributed by atoms with van der Waals surface area (Å²) in [4.78, 5) is 25.4. The van der Waals surface area contributed by atoms with E-state index in [4.69, 9.17) is 0 Å². The van der Waals surface area contributed by atoms with Gasteiger partial charge in [-0.25, -0.2) is 0 Å². The molecule has 1 aromatic rings. The molecule has 4 fully saturated rings. The molecule has 0 spiro atoms. The number of amides is 2. The zero-order chi connectivity index (χ0) is 16.7. The van der Waals surface area contributed by atoms with Crippen molar-refractivity contribution >= 4 is 17.5 Å². The van der Waals surface area contributed by atoms with Gasteiger partial charge in [0.15, 0.2) is 0 Å². The Bertz CT molecular complexity index is 632. The summed E-state index contributed by atoms with van der Waals surface area (Å²) in [7, 11) is 0. The molecule has 0 unspecified atom stereocenters. The van der Waals surface area contributed by atoms with Crippen molar-refractivity contribution in [3.63, 3.8) is 0 Å². The molecule has 4 saturated carbocycles. The zero-order valence-corrected chi connectivity index (χ0v) is 14.3. The number of hydrogen-bond acceptors (Lipinski definition) is 2. The van der Waals surface area contributed by atoms with Gasteiger partial charge in [-0.15, -0.1) is 0 Å². The fraction of sp³-hybridized carbons (Fsp3) is 0.600. The van der Waals surface area contributed by atoms with E-state index in [-0.39, 0.29) is 17.2 Å². The van der Waals surface area contributed by atoms with Gasteiger partial charge >= 0.3 is 0 Å². The second kappa shape index (κ2) is 5.91. The summed E-state index contributed by atoms with van der Waals surface area (Å²) in [6.45, 7) is 2.48. The highest BCUT2D eigenvalue weighted by atomic mass is 16.2. The van der Waals surface area contributed by atoms with Gasteiger partial charge < -0.3 is 10.6 Å². The third-order valence-electron chi connectivity index (χ3n) is 6.28. The standard InChI is InChI=1S/C20H26N2O2/c1-2-21-18(23)16-5-3-4-6-17(16)22-19(24)20-10-13-7-14(11-20)9-15(8-13)12-20/h3-6,13-15H,2,7-12H2,1H3,(H,21,23)(H,22,24). The van der Waals surface area contributed by atoms with Gasteiger partial charge in [0, 0.05) is 6.54 Å². The lowest BCUT2D eigenvalue weighted by molar-refractivity contribution is -0.140. The Hall–Kier alpha value is -1.84. The maximum absolute atomic E-state index is 13.2. The SMILES string of the molecule is CCNC(=O)c1ccccc1NC(=O)C12CC3CC(CC(C3)C1)C2. The molecule has 2 amide bonds. The summed E-state index contributed by atoms with van der Waals surface area (Å²) < 4.78 is 0. The molecule has 24 heavy (non-hydrogen) atoms. The van der Waals surface area contributed by atoms with Crippen LogP contribution in [0, 0.1) is 23.2 Å². The van der Waals surface area contributed by atoms with Gasteiger partial charge in [-0.1, -0.05) is 12.1 Å². The van der Waals surface area contributed by atoms with E-state index in [9.17, 15) is 9.59 Å². The Labute approximate surface area is 143 Å². The molecule has 4 nitrogen and oxygen atoms in total. The van der Waals surface area contributed by atoms with Gasteiger partial charge in [0.1, 0.15) is 0 Å². The van der Waals surface area contributed by atoms with E-state index < -0.39 is 0 Å². The molecule has 1 aromatic carbocycles. The molecule has 4 aliphatic rings. The topological polar surface area (TPSA) is 58.2 Å². The van der Waals surface area contributed by atoms with Crippen molar-refractivity contribution in [3.05, 3.63) is 29.8 Å². The molecular formula is C20H26N2O2. The van der Waals surface area contributed by atoms with Crippen molar-refractivity contribution in [3.8, 4) is 0 Å². The van der Waals surface area contributed by atoms with Crippen molar-refractivity contribution in [2.75, 3.05) is 11.9 Å². The van der Waals surface area contributed by atoms with E-state index in [1.165, 1.54) is 19.3 Å². The Morgan fingerprint density at radius 2 is 1.62 bits per heavy atom. The van der Waals surface area contributed by atoms with E-state index >= 15 is 0 Å². The van der Waals surface area contributed by atoms with E-state index in [0.717, 1.165) is 37.0 Å². The Morgan fingerprint density at radius 3 is 2.21 bits per heavy atom. The van der Waals surface area contributed by atoms with Crippen LogP contribution in [0.2, 0.25) is 0 Å². The third-order valence-corrected chi connectivity index (χ3v) is 6.28. The summed E-state index contributed by atoms with van der Waals surface area (Å²) in [5.74, 6) is 2.22. The van der Waals surface area contributed by atoms with Gasteiger partial charge in [0.05, 0.1) is 16.7 Å². The minimum Gasteiger partial charge on any atom is -0.352 e. The lowest BCUT2D eigenvalue weighted by atomic mass is 9.49. The van der Waals surface area contributed by atoms with Crippen LogP contribution in [0.25, 0.3) is 0 Å². The molecule has 128 valence electrons. The van der Waals surface area contributed by atoms with E-state index in [2.05, 4.69) is 10.6 Å². The highest BCUT2D eigenvalue weighted by molar-refractivity contribution is 6.05. The maximum atomic E-state index is 13.2. The maximum Gasteiger partial charge on any atom is 0.253 e. The van der Waals surface area contributed by atoms with Crippen LogP contribution < -0.4 is 10.6 Å². The highest BCUT2D eigenvalue weighted by Crippen LogP contribution is 2.60. The summed E-state index contributed by atoms with van der Waals surface area (Å²) in [5, 5.41) is 5.93. The van der Waals surface area contributed by atoms with Gasteiger partial charge in [-0.2, -0.15) is 0 Å². The normalized spacial score (nSPS) is 33.3. The second-order valence-corrected chi connectivity index (χ2v) is 8.06. The number of para-hydroxylation sites is 1. The molecule has 4 bridgehead atoms. The molecular weight excluding hydrogens is 300 g/mol. The van der Waals surface area contributed by atoms with Gasteiger partial charge in [0.2, 0.25) is 5.91 Å². The third kappa shape index (κ3) is 2.62. The first kappa shape index (κ1) is 15.7. The molecule has 2 N–H and O–H groups in total. The Morgan fingerprint density at radius 1 is 1.04 bits per heavy atom. The van der Waals surface area contributed by atoms with Crippen LogP contribution in [0.5, 0.6) is 0 Å². The predicted octanol–water partition coefficient (Wildman–Crippen LogP) is 3.59. The second-order valence-electron chi connectivity index (χ2n) is 8.06. The van der Waals surface area contributed by atoms with E-state index in [1.54, 1.807) is 6.07 Å². The van der Waals surface area contributed by atoms with Crippen LogP contribution >= 0.6 is 0 Å². The lowest BCUT2D eigenvalue weighted by Crippen LogP contribution is -2.51. The number of nitrogens with one attached hydrogen (secondary N) is 2. The van der Waals surface area contributed by atoms with E-state index in [0.29, 0.717) is 17.8 Å². The van der Waals surface area contributed by atoms with Crippen LogP contribution in [0.15, 0.2) is 24.3 Å². The minimum absolute atomic E-state index is 0.126. The molecule has 0 radical (unpaired) electrons. The average Bonchev–Trinajstić information content (AvgIpc) is 2.54. The quantitative estimate of drug-likeness (QED) is 0.888. The van der Waals surface area contributed by atoms with Crippen LogP contribution in [-0.4, -0.2) is 18.4 Å². The monoisotopic (exact) mass is 326 g/mol. The van der Waals surface area contributed by atoms with Gasteiger partial charge in [0.25, 0.3) is 5.91 Å². The number of hydrogen-bond donors (Lipinski definition) is 2. The van der Waals surface area contributed by atoms with Crippen LogP contribution in [-0.2, 0) is 4.79 Å². The summed E-state index contributed by atoms with van der Waals surface area (Å²) >= 11 is 0. The molecule has 0 aliphatic heterocycles. The zero-order valence-electron chi connectivity index (χ0n) is 14.3.